The molecule has 0 unspecified atom stereocenters. The maximum Gasteiger partial charge on any atom is 0.0309 e. The molecule has 0 amide bonds. The van der Waals surface area contributed by atoms with Gasteiger partial charge in [-0.25, -0.2) is 0 Å². The fourth-order valence-corrected chi connectivity index (χ4v) is 4.95. The first kappa shape index (κ1) is 18.6. The van der Waals surface area contributed by atoms with Gasteiger partial charge in [-0.2, -0.15) is 0 Å². The molecule has 0 fully saturated rings. The van der Waals surface area contributed by atoms with Crippen molar-refractivity contribution in [3.8, 4) is 0 Å². The van der Waals surface area contributed by atoms with Crippen molar-refractivity contribution in [2.24, 2.45) is 0 Å². The number of aryl methyl sites for hydroxylation is 1. The minimum Gasteiger partial charge on any atom is -0.102 e. The van der Waals surface area contributed by atoms with E-state index in [2.05, 4.69) is 110 Å². The zero-order valence-electron chi connectivity index (χ0n) is 17.3. The number of hydrogen-bond acceptors (Lipinski definition) is 0. The second kappa shape index (κ2) is 7.46. The smallest absolute Gasteiger partial charge is 0.0309 e. The largest absolute Gasteiger partial charge is 0.102 e. The van der Waals surface area contributed by atoms with Crippen molar-refractivity contribution in [3.63, 3.8) is 0 Å². The number of allylic oxidation sites excluding steroid dienone is 2. The summed E-state index contributed by atoms with van der Waals surface area (Å²) in [4.78, 5) is 0. The van der Waals surface area contributed by atoms with E-state index in [0.29, 0.717) is 0 Å². The van der Waals surface area contributed by atoms with Crippen molar-refractivity contribution in [3.05, 3.63) is 120 Å². The lowest BCUT2D eigenvalue weighted by atomic mass is 9.69. The van der Waals surface area contributed by atoms with Gasteiger partial charge in [0.15, 0.2) is 0 Å². The molecule has 0 spiro atoms. The van der Waals surface area contributed by atoms with Gasteiger partial charge in [0.25, 0.3) is 0 Å². The van der Waals surface area contributed by atoms with Crippen LogP contribution in [0.3, 0.4) is 0 Å². The van der Waals surface area contributed by atoms with Gasteiger partial charge >= 0.3 is 0 Å². The van der Waals surface area contributed by atoms with Gasteiger partial charge in [-0.05, 0) is 63.1 Å². The van der Waals surface area contributed by atoms with Crippen LogP contribution >= 0.6 is 0 Å². The van der Waals surface area contributed by atoms with E-state index in [1.807, 2.05) is 0 Å². The first-order valence-corrected chi connectivity index (χ1v) is 10.7. The van der Waals surface area contributed by atoms with E-state index in [-0.39, 0.29) is 5.41 Å². The molecular weight excluding hydrogens is 360 g/mol. The van der Waals surface area contributed by atoms with E-state index < -0.39 is 0 Å². The molecule has 0 bridgehead atoms. The Balaban J connectivity index is 0.000000200. The standard InChI is InChI=1S/C22H20.C8H6/c1-3-22(4-2)15-7-10-20-19-12-11-16-8-5-6-9-17(16)18(19)13-14-21(20)22;1-2-4-8-6-5-7(8)3-1/h3-6,8-9,11-14H,1-2,7,10,15H2;1-6H. The Labute approximate surface area is 178 Å². The zero-order chi connectivity index (χ0) is 20.6. The summed E-state index contributed by atoms with van der Waals surface area (Å²) in [6.45, 7) is 8.17. The molecular formula is C30H26. The van der Waals surface area contributed by atoms with Crippen LogP contribution in [-0.2, 0) is 11.8 Å². The third kappa shape index (κ3) is 2.92. The minimum atomic E-state index is -0.0621. The van der Waals surface area contributed by atoms with Crippen molar-refractivity contribution in [2.75, 3.05) is 0 Å². The van der Waals surface area contributed by atoms with Gasteiger partial charge in [-0.1, -0.05) is 97.1 Å². The molecule has 0 nitrogen and oxygen atoms in total. The topological polar surface area (TPSA) is 0 Å². The van der Waals surface area contributed by atoms with Crippen LogP contribution < -0.4 is 0 Å². The van der Waals surface area contributed by atoms with Crippen LogP contribution in [0, 0.1) is 0 Å². The number of hydrogen-bond donors (Lipinski definition) is 0. The first-order chi connectivity index (χ1) is 14.8. The van der Waals surface area contributed by atoms with E-state index >= 15 is 0 Å². The van der Waals surface area contributed by atoms with Crippen molar-refractivity contribution < 1.29 is 0 Å². The lowest BCUT2D eigenvalue weighted by molar-refractivity contribution is 0.533. The highest BCUT2D eigenvalue weighted by Crippen LogP contribution is 2.43. The van der Waals surface area contributed by atoms with Crippen LogP contribution in [-0.4, -0.2) is 0 Å². The molecule has 0 aromatic heterocycles. The quantitative estimate of drug-likeness (QED) is 0.212. The van der Waals surface area contributed by atoms with E-state index in [1.165, 1.54) is 50.2 Å². The highest BCUT2D eigenvalue weighted by Gasteiger charge is 2.31. The van der Waals surface area contributed by atoms with Crippen LogP contribution in [0.5, 0.6) is 0 Å². The van der Waals surface area contributed by atoms with E-state index in [1.54, 1.807) is 0 Å². The van der Waals surface area contributed by atoms with Crippen molar-refractivity contribution in [2.45, 2.75) is 24.7 Å². The van der Waals surface area contributed by atoms with Gasteiger partial charge in [0, 0.05) is 5.41 Å². The molecule has 6 rings (SSSR count). The minimum absolute atomic E-state index is 0.0621. The molecule has 0 saturated heterocycles. The predicted molar refractivity (Wildman–Crippen MR) is 132 cm³/mol. The highest BCUT2D eigenvalue weighted by molar-refractivity contribution is 6.08. The fourth-order valence-electron chi connectivity index (χ4n) is 4.95. The summed E-state index contributed by atoms with van der Waals surface area (Å²) in [5.74, 6) is 0. The van der Waals surface area contributed by atoms with Crippen LogP contribution in [0.2, 0.25) is 0 Å². The second-order valence-electron chi connectivity index (χ2n) is 8.24. The van der Waals surface area contributed by atoms with Crippen LogP contribution in [0.15, 0.2) is 98.1 Å². The summed E-state index contributed by atoms with van der Waals surface area (Å²) < 4.78 is 0. The fraction of sp³-hybridized carbons (Fsp3) is 0.133. The Morgan fingerprint density at radius 1 is 0.667 bits per heavy atom. The van der Waals surface area contributed by atoms with E-state index in [0.717, 1.165) is 12.8 Å². The Morgan fingerprint density at radius 3 is 2.00 bits per heavy atom. The predicted octanol–water partition coefficient (Wildman–Crippen LogP) is 8.11. The van der Waals surface area contributed by atoms with Gasteiger partial charge in [-0.15, -0.1) is 13.2 Å². The maximum absolute atomic E-state index is 4.08. The summed E-state index contributed by atoms with van der Waals surface area (Å²) in [6.07, 6.45) is 11.8. The Hall–Kier alpha value is -3.38. The molecule has 0 heteroatoms. The lowest BCUT2D eigenvalue weighted by Crippen LogP contribution is -2.26. The average molecular weight is 387 g/mol. The molecule has 2 aliphatic carbocycles. The van der Waals surface area contributed by atoms with Gasteiger partial charge in [0.05, 0.1) is 0 Å². The molecule has 0 saturated carbocycles. The molecule has 2 aliphatic rings. The summed E-state index contributed by atoms with van der Waals surface area (Å²) in [5.41, 5.74) is 5.55. The molecule has 4 aromatic carbocycles. The normalized spacial score (nSPS) is 15.3. The third-order valence-electron chi connectivity index (χ3n) is 6.72. The SMILES string of the molecule is C1=Cc2ccccc21.C=CC1(C=C)CCCc2c1ccc1c2ccc2ccccc21. The third-order valence-corrected chi connectivity index (χ3v) is 6.72. The lowest BCUT2D eigenvalue weighted by Gasteiger charge is -2.35. The maximum atomic E-state index is 4.08. The summed E-state index contributed by atoms with van der Waals surface area (Å²) in [5, 5.41) is 5.41. The molecule has 30 heavy (non-hydrogen) atoms. The highest BCUT2D eigenvalue weighted by atomic mass is 14.3. The molecule has 0 aliphatic heterocycles. The summed E-state index contributed by atoms with van der Waals surface area (Å²) >= 11 is 0. The number of fused-ring (bicyclic) bond motifs is 6. The Kier molecular flexibility index (Phi) is 4.64. The second-order valence-corrected chi connectivity index (χ2v) is 8.24. The Morgan fingerprint density at radius 2 is 1.33 bits per heavy atom. The Bertz CT molecular complexity index is 1270. The monoisotopic (exact) mass is 386 g/mol. The number of benzene rings is 4. The average Bonchev–Trinajstić information content (AvgIpc) is 2.79. The van der Waals surface area contributed by atoms with Gasteiger partial charge < -0.3 is 0 Å². The molecule has 146 valence electrons. The van der Waals surface area contributed by atoms with Crippen LogP contribution in [0.25, 0.3) is 33.7 Å². The molecule has 0 heterocycles. The van der Waals surface area contributed by atoms with Gasteiger partial charge in [0.2, 0.25) is 0 Å². The van der Waals surface area contributed by atoms with Crippen molar-refractivity contribution in [1.29, 1.82) is 0 Å². The number of rotatable bonds is 2. The first-order valence-electron chi connectivity index (χ1n) is 10.7. The summed E-state index contributed by atoms with van der Waals surface area (Å²) in [7, 11) is 0. The molecule has 0 atom stereocenters. The van der Waals surface area contributed by atoms with Crippen LogP contribution in [0.4, 0.5) is 0 Å². The van der Waals surface area contributed by atoms with Crippen molar-refractivity contribution in [1.82, 2.24) is 0 Å². The van der Waals surface area contributed by atoms with Crippen molar-refractivity contribution >= 4 is 33.7 Å². The van der Waals surface area contributed by atoms with E-state index in [4.69, 9.17) is 0 Å². The molecule has 4 aromatic rings. The van der Waals surface area contributed by atoms with Gasteiger partial charge in [0.1, 0.15) is 0 Å². The van der Waals surface area contributed by atoms with Gasteiger partial charge in [-0.3, -0.25) is 0 Å². The van der Waals surface area contributed by atoms with E-state index in [9.17, 15) is 0 Å². The molecule has 0 N–H and O–H groups in total. The zero-order valence-corrected chi connectivity index (χ0v) is 17.3. The van der Waals surface area contributed by atoms with Crippen LogP contribution in [0.1, 0.15) is 35.1 Å². The summed E-state index contributed by atoms with van der Waals surface area (Å²) in [6, 6.07) is 26.1. The molecule has 0 radical (unpaired) electrons.